The van der Waals surface area contributed by atoms with Gasteiger partial charge < -0.3 is 15.0 Å². The third-order valence-electron chi connectivity index (χ3n) is 2.72. The van der Waals surface area contributed by atoms with Gasteiger partial charge in [0.25, 0.3) is 0 Å². The highest BCUT2D eigenvalue weighted by atomic mass is 16.5. The van der Waals surface area contributed by atoms with Crippen LogP contribution >= 0.6 is 0 Å². The molecule has 96 valence electrons. The van der Waals surface area contributed by atoms with E-state index in [0.717, 1.165) is 25.4 Å². The van der Waals surface area contributed by atoms with E-state index < -0.39 is 0 Å². The molecule has 0 aromatic heterocycles. The van der Waals surface area contributed by atoms with Crippen LogP contribution in [0.5, 0.6) is 0 Å². The lowest BCUT2D eigenvalue weighted by molar-refractivity contribution is -0.143. The molecule has 0 heterocycles. The Morgan fingerprint density at radius 2 is 1.88 bits per heavy atom. The largest absolute Gasteiger partial charge is 0.468 e. The van der Waals surface area contributed by atoms with Crippen molar-refractivity contribution in [2.75, 3.05) is 34.3 Å². The molecule has 1 unspecified atom stereocenters. The van der Waals surface area contributed by atoms with Crippen molar-refractivity contribution in [1.29, 1.82) is 0 Å². The van der Waals surface area contributed by atoms with Crippen molar-refractivity contribution < 1.29 is 9.53 Å². The lowest BCUT2D eigenvalue weighted by atomic mass is 10.1. The lowest BCUT2D eigenvalue weighted by Gasteiger charge is -2.20. The third-order valence-corrected chi connectivity index (χ3v) is 2.72. The van der Waals surface area contributed by atoms with Gasteiger partial charge in [0.05, 0.1) is 7.11 Å². The smallest absolute Gasteiger partial charge is 0.322 e. The zero-order valence-electron chi connectivity index (χ0n) is 11.2. The summed E-state index contributed by atoms with van der Waals surface area (Å²) >= 11 is 0. The van der Waals surface area contributed by atoms with Crippen molar-refractivity contribution in [3.05, 3.63) is 0 Å². The molecule has 0 bridgehead atoms. The van der Waals surface area contributed by atoms with Crippen LogP contribution in [0.25, 0.3) is 0 Å². The second kappa shape index (κ2) is 8.53. The van der Waals surface area contributed by atoms with Crippen LogP contribution in [0, 0.1) is 5.92 Å². The number of rotatable bonds is 8. The maximum absolute atomic E-state index is 11.3. The van der Waals surface area contributed by atoms with E-state index in [9.17, 15) is 4.79 Å². The summed E-state index contributed by atoms with van der Waals surface area (Å²) < 4.78 is 4.71. The van der Waals surface area contributed by atoms with Crippen molar-refractivity contribution in [2.24, 2.45) is 5.92 Å². The zero-order valence-corrected chi connectivity index (χ0v) is 11.2. The fraction of sp³-hybridized carbons (Fsp3) is 0.917. The van der Waals surface area contributed by atoms with Crippen molar-refractivity contribution in [1.82, 2.24) is 10.2 Å². The first kappa shape index (κ1) is 15.4. The van der Waals surface area contributed by atoms with Crippen LogP contribution in [0.2, 0.25) is 0 Å². The Balaban J connectivity index is 3.79. The molecule has 0 aromatic rings. The Kier molecular flexibility index (Phi) is 8.21. The minimum Gasteiger partial charge on any atom is -0.468 e. The molecule has 0 spiro atoms. The first-order valence-electron chi connectivity index (χ1n) is 5.94. The van der Waals surface area contributed by atoms with E-state index in [4.69, 9.17) is 4.74 Å². The minimum atomic E-state index is -0.188. The first-order valence-corrected chi connectivity index (χ1v) is 5.94. The van der Waals surface area contributed by atoms with E-state index >= 15 is 0 Å². The van der Waals surface area contributed by atoms with Gasteiger partial charge in [0.2, 0.25) is 0 Å². The molecule has 0 saturated heterocycles. The highest BCUT2D eigenvalue weighted by Gasteiger charge is 2.16. The molecule has 0 amide bonds. The number of nitrogens with one attached hydrogen (secondary N) is 1. The van der Waals surface area contributed by atoms with Crippen LogP contribution in [-0.2, 0) is 9.53 Å². The monoisotopic (exact) mass is 230 g/mol. The Morgan fingerprint density at radius 3 is 2.31 bits per heavy atom. The number of carbonyl (C=O) groups is 1. The number of likely N-dealkylation sites (N-methyl/N-ethyl adjacent to an activating group) is 1. The first-order chi connectivity index (χ1) is 7.51. The van der Waals surface area contributed by atoms with Crippen LogP contribution in [0.1, 0.15) is 26.7 Å². The molecule has 0 rings (SSSR count). The molecule has 16 heavy (non-hydrogen) atoms. The molecule has 0 aliphatic rings. The number of esters is 1. The molecular weight excluding hydrogens is 204 g/mol. The average Bonchev–Trinajstić information content (AvgIpc) is 2.26. The zero-order chi connectivity index (χ0) is 12.6. The predicted octanol–water partition coefficient (Wildman–Crippen LogP) is 1.12. The van der Waals surface area contributed by atoms with E-state index in [2.05, 4.69) is 31.1 Å². The van der Waals surface area contributed by atoms with E-state index in [1.807, 2.05) is 0 Å². The van der Waals surface area contributed by atoms with Gasteiger partial charge in [0, 0.05) is 0 Å². The molecule has 0 fully saturated rings. The van der Waals surface area contributed by atoms with Crippen LogP contribution in [0.15, 0.2) is 0 Å². The Bertz CT molecular complexity index is 195. The standard InChI is InChI=1S/C12H26N2O2/c1-10(2)6-8-14(4)9-7-11(13-3)12(15)16-5/h10-11,13H,6-9H2,1-5H3. The predicted molar refractivity (Wildman–Crippen MR) is 66.4 cm³/mol. The van der Waals surface area contributed by atoms with Gasteiger partial charge >= 0.3 is 5.97 Å². The van der Waals surface area contributed by atoms with Gasteiger partial charge in [-0.05, 0) is 45.9 Å². The summed E-state index contributed by atoms with van der Waals surface area (Å²) in [5.74, 6) is 0.544. The molecule has 4 heteroatoms. The van der Waals surface area contributed by atoms with E-state index in [1.54, 1.807) is 7.05 Å². The van der Waals surface area contributed by atoms with Gasteiger partial charge in [-0.2, -0.15) is 0 Å². The fourth-order valence-electron chi connectivity index (χ4n) is 1.46. The fourth-order valence-corrected chi connectivity index (χ4v) is 1.46. The van der Waals surface area contributed by atoms with Gasteiger partial charge in [-0.1, -0.05) is 13.8 Å². The van der Waals surface area contributed by atoms with Crippen LogP contribution < -0.4 is 5.32 Å². The summed E-state index contributed by atoms with van der Waals surface area (Å²) in [5, 5.41) is 2.97. The molecule has 0 aromatic carbocycles. The maximum Gasteiger partial charge on any atom is 0.322 e. The Morgan fingerprint density at radius 1 is 1.31 bits per heavy atom. The summed E-state index contributed by atoms with van der Waals surface area (Å²) in [6, 6.07) is -0.188. The van der Waals surface area contributed by atoms with Crippen molar-refractivity contribution >= 4 is 5.97 Å². The summed E-state index contributed by atoms with van der Waals surface area (Å²) in [6.45, 7) is 6.43. The maximum atomic E-state index is 11.3. The minimum absolute atomic E-state index is 0.181. The van der Waals surface area contributed by atoms with Crippen molar-refractivity contribution in [3.63, 3.8) is 0 Å². The SMILES string of the molecule is CNC(CCN(C)CCC(C)C)C(=O)OC. The highest BCUT2D eigenvalue weighted by molar-refractivity contribution is 5.75. The van der Waals surface area contributed by atoms with Gasteiger partial charge in [-0.15, -0.1) is 0 Å². The molecule has 0 radical (unpaired) electrons. The summed E-state index contributed by atoms with van der Waals surface area (Å²) in [5.41, 5.74) is 0. The molecule has 0 aliphatic carbocycles. The number of carbonyl (C=O) groups excluding carboxylic acids is 1. The van der Waals surface area contributed by atoms with Gasteiger partial charge in [0.1, 0.15) is 6.04 Å². The van der Waals surface area contributed by atoms with Crippen LogP contribution in [-0.4, -0.2) is 51.2 Å². The highest BCUT2D eigenvalue weighted by Crippen LogP contribution is 2.02. The number of hydrogen-bond acceptors (Lipinski definition) is 4. The van der Waals surface area contributed by atoms with Gasteiger partial charge in [0.15, 0.2) is 0 Å². The lowest BCUT2D eigenvalue weighted by Crippen LogP contribution is -2.38. The molecule has 0 saturated carbocycles. The Labute approximate surface area is 99.3 Å². The normalized spacial score (nSPS) is 13.2. The second-order valence-electron chi connectivity index (χ2n) is 4.64. The van der Waals surface area contributed by atoms with E-state index in [1.165, 1.54) is 13.5 Å². The second-order valence-corrected chi connectivity index (χ2v) is 4.64. The Hall–Kier alpha value is -0.610. The molecular formula is C12H26N2O2. The number of nitrogens with zero attached hydrogens (tertiary/aromatic N) is 1. The number of ether oxygens (including phenoxy) is 1. The molecule has 4 nitrogen and oxygen atoms in total. The molecule has 0 aliphatic heterocycles. The molecule has 1 N–H and O–H groups in total. The third kappa shape index (κ3) is 6.80. The van der Waals surface area contributed by atoms with E-state index in [-0.39, 0.29) is 12.0 Å². The topological polar surface area (TPSA) is 41.6 Å². The van der Waals surface area contributed by atoms with Crippen LogP contribution in [0.4, 0.5) is 0 Å². The average molecular weight is 230 g/mol. The van der Waals surface area contributed by atoms with Crippen molar-refractivity contribution in [2.45, 2.75) is 32.7 Å². The summed E-state index contributed by atoms with van der Waals surface area (Å²) in [4.78, 5) is 13.6. The van der Waals surface area contributed by atoms with E-state index in [0.29, 0.717) is 0 Å². The number of methoxy groups -OCH3 is 1. The van der Waals surface area contributed by atoms with Crippen molar-refractivity contribution in [3.8, 4) is 0 Å². The van der Waals surface area contributed by atoms with Gasteiger partial charge in [-0.3, -0.25) is 4.79 Å². The number of hydrogen-bond donors (Lipinski definition) is 1. The van der Waals surface area contributed by atoms with Crippen LogP contribution in [0.3, 0.4) is 0 Å². The quantitative estimate of drug-likeness (QED) is 0.634. The summed E-state index contributed by atoms with van der Waals surface area (Å²) in [7, 11) is 5.30. The van der Waals surface area contributed by atoms with Gasteiger partial charge in [-0.25, -0.2) is 0 Å². The summed E-state index contributed by atoms with van der Waals surface area (Å²) in [6.07, 6.45) is 1.98. The molecule has 1 atom stereocenters.